The summed E-state index contributed by atoms with van der Waals surface area (Å²) >= 11 is 0.756. The molecule has 2 heterocycles. The van der Waals surface area contributed by atoms with Crippen LogP contribution in [-0.2, 0) is 6.61 Å². The van der Waals surface area contributed by atoms with Crippen molar-refractivity contribution in [3.05, 3.63) is 40.7 Å². The monoisotopic (exact) mass is 471 g/mol. The van der Waals surface area contributed by atoms with E-state index in [1.807, 2.05) is 0 Å². The first-order valence-electron chi connectivity index (χ1n) is 10.2. The van der Waals surface area contributed by atoms with Crippen LogP contribution in [0.25, 0.3) is 0 Å². The summed E-state index contributed by atoms with van der Waals surface area (Å²) in [6.07, 6.45) is 4.24. The Kier molecular flexibility index (Phi) is 8.28. The molecule has 0 saturated carbocycles. The number of hydrogen-bond acceptors (Lipinski definition) is 6. The average Bonchev–Trinajstić information content (AvgIpc) is 3.39. The smallest absolute Gasteiger partial charge is 0.319 e. The van der Waals surface area contributed by atoms with E-state index in [2.05, 4.69) is 19.9 Å². The molecule has 0 atom stereocenters. The van der Waals surface area contributed by atoms with E-state index in [9.17, 15) is 22.8 Å². The van der Waals surface area contributed by atoms with Crippen LogP contribution in [0.1, 0.15) is 41.6 Å². The second-order valence-corrected chi connectivity index (χ2v) is 8.11. The molecule has 0 unspecified atom stereocenters. The molecule has 1 aliphatic rings. The molecule has 0 spiro atoms. The predicted octanol–water partition coefficient (Wildman–Crippen LogP) is 3.24. The Morgan fingerprint density at radius 2 is 1.84 bits per heavy atom. The van der Waals surface area contributed by atoms with Crippen molar-refractivity contribution >= 4 is 28.5 Å². The molecule has 1 fully saturated rings. The molecule has 0 aliphatic carbocycles. The number of urea groups is 1. The summed E-state index contributed by atoms with van der Waals surface area (Å²) in [6.45, 7) is 3.20. The zero-order valence-corrected chi connectivity index (χ0v) is 18.1. The molecular weight excluding hydrogens is 447 g/mol. The quantitative estimate of drug-likeness (QED) is 0.364. The molecule has 1 aliphatic heterocycles. The molecule has 3 rings (SSSR count). The summed E-state index contributed by atoms with van der Waals surface area (Å²) in [6, 6.07) is 0.514. The number of aromatic nitrogens is 1. The minimum Gasteiger partial charge on any atom is -0.471 e. The number of ether oxygens (including phenoxy) is 1. The minimum absolute atomic E-state index is 0.0628. The lowest BCUT2D eigenvalue weighted by molar-refractivity contribution is 0.0996. The fraction of sp³-hybridized carbons (Fsp3) is 0.450. The summed E-state index contributed by atoms with van der Waals surface area (Å²) in [5.41, 5.74) is 4.90. The first kappa shape index (κ1) is 23.8. The number of carbonyl (C=O) groups is 2. The number of benzene rings is 1. The molecule has 174 valence electrons. The van der Waals surface area contributed by atoms with Gasteiger partial charge < -0.3 is 20.7 Å². The number of primary amides is 1. The maximum atomic E-state index is 13.8. The number of halogens is 3. The van der Waals surface area contributed by atoms with Gasteiger partial charge in [-0.1, -0.05) is 0 Å². The SMILES string of the molecule is NC(=O)c1c(OCc2cc(F)c(F)cc2F)nsc1NC(=O)NCCCCN1CCCC1. The van der Waals surface area contributed by atoms with Crippen LogP contribution in [0, 0.1) is 17.5 Å². The Bertz CT molecular complexity index is 966. The van der Waals surface area contributed by atoms with Gasteiger partial charge in [-0.15, -0.1) is 0 Å². The van der Waals surface area contributed by atoms with Crippen molar-refractivity contribution in [1.82, 2.24) is 14.6 Å². The molecule has 32 heavy (non-hydrogen) atoms. The number of nitrogens with two attached hydrogens (primary N) is 1. The number of likely N-dealkylation sites (tertiary alicyclic amines) is 1. The molecule has 2 aromatic rings. The van der Waals surface area contributed by atoms with E-state index in [0.29, 0.717) is 18.7 Å². The lowest BCUT2D eigenvalue weighted by Gasteiger charge is -2.14. The van der Waals surface area contributed by atoms with E-state index in [-0.39, 0.29) is 22.0 Å². The van der Waals surface area contributed by atoms with Gasteiger partial charge in [-0.3, -0.25) is 10.1 Å². The maximum absolute atomic E-state index is 13.8. The number of amides is 3. The number of anilines is 1. The Morgan fingerprint density at radius 1 is 1.12 bits per heavy atom. The van der Waals surface area contributed by atoms with Crippen molar-refractivity contribution in [3.8, 4) is 5.88 Å². The first-order valence-corrected chi connectivity index (χ1v) is 11.0. The van der Waals surface area contributed by atoms with Crippen LogP contribution < -0.4 is 21.1 Å². The highest BCUT2D eigenvalue weighted by molar-refractivity contribution is 7.11. The van der Waals surface area contributed by atoms with Gasteiger partial charge in [-0.25, -0.2) is 18.0 Å². The van der Waals surface area contributed by atoms with Crippen LogP contribution in [0.2, 0.25) is 0 Å². The molecule has 0 radical (unpaired) electrons. The second-order valence-electron chi connectivity index (χ2n) is 7.34. The van der Waals surface area contributed by atoms with Gasteiger partial charge in [0, 0.05) is 18.2 Å². The number of nitrogens with zero attached hydrogens (tertiary/aromatic N) is 2. The lowest BCUT2D eigenvalue weighted by atomic mass is 10.2. The van der Waals surface area contributed by atoms with E-state index in [4.69, 9.17) is 10.5 Å². The second kappa shape index (κ2) is 11.1. The maximum Gasteiger partial charge on any atom is 0.319 e. The highest BCUT2D eigenvalue weighted by Gasteiger charge is 2.22. The summed E-state index contributed by atoms with van der Waals surface area (Å²) in [4.78, 5) is 26.4. The highest BCUT2D eigenvalue weighted by atomic mass is 32.1. The van der Waals surface area contributed by atoms with Crippen molar-refractivity contribution < 1.29 is 27.5 Å². The van der Waals surface area contributed by atoms with Crippen molar-refractivity contribution in [3.63, 3.8) is 0 Å². The number of nitrogens with one attached hydrogen (secondary N) is 2. The number of carbonyl (C=O) groups excluding carboxylic acids is 2. The fourth-order valence-corrected chi connectivity index (χ4v) is 4.05. The number of unbranched alkanes of at least 4 members (excludes halogenated alkanes) is 1. The molecule has 3 amide bonds. The van der Waals surface area contributed by atoms with Crippen molar-refractivity contribution in [1.29, 1.82) is 0 Å². The lowest BCUT2D eigenvalue weighted by Crippen LogP contribution is -2.30. The van der Waals surface area contributed by atoms with Gasteiger partial charge in [-0.2, -0.15) is 4.37 Å². The van der Waals surface area contributed by atoms with E-state index in [1.54, 1.807) is 0 Å². The zero-order valence-electron chi connectivity index (χ0n) is 17.3. The minimum atomic E-state index is -1.33. The topological polar surface area (TPSA) is 110 Å². The summed E-state index contributed by atoms with van der Waals surface area (Å²) in [5.74, 6) is -4.74. The largest absolute Gasteiger partial charge is 0.471 e. The number of hydrogen-bond donors (Lipinski definition) is 3. The Balaban J connectivity index is 1.52. The zero-order chi connectivity index (χ0) is 23.1. The molecular formula is C20H24F3N5O3S. The predicted molar refractivity (Wildman–Crippen MR) is 113 cm³/mol. The Morgan fingerprint density at radius 3 is 2.56 bits per heavy atom. The molecule has 8 nitrogen and oxygen atoms in total. The summed E-state index contributed by atoms with van der Waals surface area (Å²) < 4.78 is 49.3. The van der Waals surface area contributed by atoms with E-state index in [0.717, 1.165) is 44.0 Å². The normalized spacial score (nSPS) is 13.8. The van der Waals surface area contributed by atoms with Crippen molar-refractivity contribution in [2.45, 2.75) is 32.3 Å². The van der Waals surface area contributed by atoms with Crippen LogP contribution in [0.15, 0.2) is 12.1 Å². The average molecular weight is 472 g/mol. The van der Waals surface area contributed by atoms with Gasteiger partial charge in [-0.05, 0) is 62.9 Å². The molecule has 1 aromatic carbocycles. The van der Waals surface area contributed by atoms with Crippen LogP contribution in [0.5, 0.6) is 5.88 Å². The van der Waals surface area contributed by atoms with E-state index >= 15 is 0 Å². The van der Waals surface area contributed by atoms with Gasteiger partial charge in [0.05, 0.1) is 0 Å². The van der Waals surface area contributed by atoms with Crippen LogP contribution in [0.3, 0.4) is 0 Å². The highest BCUT2D eigenvalue weighted by Crippen LogP contribution is 2.31. The third-order valence-electron chi connectivity index (χ3n) is 4.97. The molecule has 1 saturated heterocycles. The molecule has 1 aromatic heterocycles. The third-order valence-corrected chi connectivity index (χ3v) is 5.72. The van der Waals surface area contributed by atoms with E-state index in [1.165, 1.54) is 12.8 Å². The van der Waals surface area contributed by atoms with Gasteiger partial charge in [0.15, 0.2) is 11.6 Å². The van der Waals surface area contributed by atoms with Crippen LogP contribution in [0.4, 0.5) is 23.0 Å². The van der Waals surface area contributed by atoms with E-state index < -0.39 is 36.0 Å². The first-order chi connectivity index (χ1) is 15.3. The van der Waals surface area contributed by atoms with Gasteiger partial charge >= 0.3 is 6.03 Å². The summed E-state index contributed by atoms with van der Waals surface area (Å²) in [7, 11) is 0. The van der Waals surface area contributed by atoms with Crippen molar-refractivity contribution in [2.75, 3.05) is 31.5 Å². The van der Waals surface area contributed by atoms with Crippen LogP contribution in [-0.4, -0.2) is 47.4 Å². The molecule has 4 N–H and O–H groups in total. The Labute approximate surface area is 187 Å². The Hall–Kier alpha value is -2.86. The van der Waals surface area contributed by atoms with Gasteiger partial charge in [0.2, 0.25) is 5.88 Å². The molecule has 0 bridgehead atoms. The van der Waals surface area contributed by atoms with Gasteiger partial charge in [0.25, 0.3) is 5.91 Å². The van der Waals surface area contributed by atoms with Gasteiger partial charge in [0.1, 0.15) is 23.0 Å². The van der Waals surface area contributed by atoms with Crippen molar-refractivity contribution in [2.24, 2.45) is 5.73 Å². The molecule has 12 heteroatoms. The summed E-state index contributed by atoms with van der Waals surface area (Å²) in [5, 5.41) is 5.26. The standard InChI is InChI=1S/C20H24F3N5O3S/c21-13-10-15(23)14(22)9-12(13)11-31-18-16(17(24)29)19(32-27-18)26-20(30)25-5-1-2-6-28-7-3-4-8-28/h9-10H,1-8,11H2,(H2,24,29)(H2,25,26,30). The van der Waals surface area contributed by atoms with Crippen LogP contribution >= 0.6 is 11.5 Å². The fourth-order valence-electron chi connectivity index (χ4n) is 3.31. The third kappa shape index (κ3) is 6.33. The number of rotatable bonds is 10.